The van der Waals surface area contributed by atoms with E-state index in [4.69, 9.17) is 8.53 Å². The van der Waals surface area contributed by atoms with Crippen LogP contribution in [0.5, 0.6) is 0 Å². The molecule has 0 N–H and O–H groups in total. The van der Waals surface area contributed by atoms with E-state index in [2.05, 4.69) is 78.4 Å². The van der Waals surface area contributed by atoms with Crippen molar-refractivity contribution in [3.05, 3.63) is 112 Å². The van der Waals surface area contributed by atoms with Gasteiger partial charge in [0.25, 0.3) is 0 Å². The van der Waals surface area contributed by atoms with E-state index in [-0.39, 0.29) is 25.8 Å². The van der Waals surface area contributed by atoms with Crippen LogP contribution in [-0.4, -0.2) is 15.0 Å². The molecule has 1 radical (unpaired) electrons. The van der Waals surface area contributed by atoms with Gasteiger partial charge in [-0.15, -0.1) is 64.9 Å². The van der Waals surface area contributed by atoms with Crippen molar-refractivity contribution in [2.45, 2.75) is 34.5 Å². The van der Waals surface area contributed by atoms with Gasteiger partial charge in [-0.05, 0) is 67.7 Å². The molecule has 0 bridgehead atoms. The molecular weight excluding hydrogens is 691 g/mol. The summed E-state index contributed by atoms with van der Waals surface area (Å²) in [6, 6.07) is 23.7. The molecule has 0 amide bonds. The van der Waals surface area contributed by atoms with Crippen LogP contribution < -0.4 is 0 Å². The van der Waals surface area contributed by atoms with Crippen molar-refractivity contribution in [2.75, 3.05) is 0 Å². The van der Waals surface area contributed by atoms with E-state index in [1.165, 1.54) is 28.3 Å². The van der Waals surface area contributed by atoms with E-state index >= 15 is 0 Å². The van der Waals surface area contributed by atoms with Crippen molar-refractivity contribution in [1.82, 2.24) is 15.0 Å². The summed E-state index contributed by atoms with van der Waals surface area (Å²) in [5.74, 6) is 0. The summed E-state index contributed by atoms with van der Waals surface area (Å²) in [5, 5.41) is 4.90. The molecule has 2 aromatic carbocycles. The number of thiophene rings is 1. The van der Waals surface area contributed by atoms with Crippen LogP contribution in [0.25, 0.3) is 54.7 Å². The fraction of sp³-hybridized carbons (Fsp3) is 0.147. The number of aryl methyl sites for hydroxylation is 5. The smallest absolute Gasteiger partial charge is 0.216 e. The Morgan fingerprint density at radius 3 is 2.45 bits per heavy atom. The van der Waals surface area contributed by atoms with Gasteiger partial charge in [-0.25, -0.2) is 4.98 Å². The zero-order valence-electron chi connectivity index (χ0n) is 25.4. The molecule has 0 spiro atoms. The van der Waals surface area contributed by atoms with E-state index in [1.807, 2.05) is 36.7 Å². The molecule has 4 nitrogen and oxygen atoms in total. The van der Waals surface area contributed by atoms with Crippen LogP contribution in [0.15, 0.2) is 76.8 Å². The number of aromatic nitrogens is 3. The molecule has 0 aliphatic rings. The second-order valence-electron chi connectivity index (χ2n) is 9.66. The van der Waals surface area contributed by atoms with Gasteiger partial charge < -0.3 is 14.4 Å². The minimum Gasteiger partial charge on any atom is -0.486 e. The third-order valence-electron chi connectivity index (χ3n) is 6.82. The Kier molecular flexibility index (Phi) is 6.89. The minimum absolute atomic E-state index is 0. The summed E-state index contributed by atoms with van der Waals surface area (Å²) >= 11 is 1.68. The third-order valence-corrected chi connectivity index (χ3v) is 7.89. The zero-order valence-corrected chi connectivity index (χ0v) is 25.6. The fourth-order valence-electron chi connectivity index (χ4n) is 4.43. The molecule has 0 unspecified atom stereocenters. The van der Waals surface area contributed by atoms with Crippen LogP contribution in [-0.2, 0) is 20.1 Å². The second-order valence-corrected chi connectivity index (χ2v) is 10.6. The average Bonchev–Trinajstić information content (AvgIpc) is 3.54. The SMILES string of the molecule is Cc1c[c-]c(-c2cc(C)c(C)cn2)cc1.[2H]C([2H])([2H])c1ccc2c(n1)oc1c(-c3cc4scc(C)c4cn3)[c-]ccc12.[Ir]. The number of fused-ring (bicyclic) bond motifs is 4. The summed E-state index contributed by atoms with van der Waals surface area (Å²) in [6.45, 7) is 6.04. The first-order valence-corrected chi connectivity index (χ1v) is 13.5. The molecule has 5 aromatic heterocycles. The number of pyridine rings is 3. The van der Waals surface area contributed by atoms with Gasteiger partial charge in [-0.2, -0.15) is 0 Å². The molecular formula is C34H27IrN3OS-2. The Balaban J connectivity index is 0.000000197. The predicted octanol–water partition coefficient (Wildman–Crippen LogP) is 9.15. The zero-order chi connectivity index (χ0) is 29.6. The van der Waals surface area contributed by atoms with E-state index in [0.717, 1.165) is 43.4 Å². The van der Waals surface area contributed by atoms with Crippen molar-refractivity contribution in [2.24, 2.45) is 0 Å². The number of benzene rings is 2. The summed E-state index contributed by atoms with van der Waals surface area (Å²) < 4.78 is 29.8. The van der Waals surface area contributed by atoms with Gasteiger partial charge in [0, 0.05) is 57.8 Å². The van der Waals surface area contributed by atoms with Crippen LogP contribution in [0.2, 0.25) is 0 Å². The molecule has 5 heterocycles. The quantitative estimate of drug-likeness (QED) is 0.167. The number of furan rings is 1. The Morgan fingerprint density at radius 2 is 1.68 bits per heavy atom. The van der Waals surface area contributed by atoms with Crippen LogP contribution in [0.4, 0.5) is 0 Å². The molecule has 7 aromatic rings. The first kappa shape index (κ1) is 24.1. The summed E-state index contributed by atoms with van der Waals surface area (Å²) in [7, 11) is 0. The van der Waals surface area contributed by atoms with Crippen molar-refractivity contribution < 1.29 is 28.6 Å². The van der Waals surface area contributed by atoms with E-state index in [1.54, 1.807) is 17.4 Å². The molecule has 0 fully saturated rings. The van der Waals surface area contributed by atoms with Crippen LogP contribution in [0.1, 0.15) is 32.1 Å². The number of hydrogen-bond donors (Lipinski definition) is 0. The molecule has 40 heavy (non-hydrogen) atoms. The van der Waals surface area contributed by atoms with Gasteiger partial charge in [0.1, 0.15) is 0 Å². The average molecular weight is 721 g/mol. The van der Waals surface area contributed by atoms with Crippen molar-refractivity contribution in [3.8, 4) is 22.5 Å². The number of hydrogen-bond acceptors (Lipinski definition) is 5. The van der Waals surface area contributed by atoms with Crippen molar-refractivity contribution >= 4 is 43.5 Å². The number of nitrogens with zero attached hydrogens (tertiary/aromatic N) is 3. The van der Waals surface area contributed by atoms with Gasteiger partial charge >= 0.3 is 0 Å². The molecule has 0 atom stereocenters. The molecule has 0 aliphatic carbocycles. The Morgan fingerprint density at radius 1 is 0.825 bits per heavy atom. The Labute approximate surface area is 255 Å². The fourth-order valence-corrected chi connectivity index (χ4v) is 5.38. The van der Waals surface area contributed by atoms with Crippen molar-refractivity contribution in [1.29, 1.82) is 0 Å². The van der Waals surface area contributed by atoms with Gasteiger partial charge in [0.2, 0.25) is 5.71 Å². The van der Waals surface area contributed by atoms with Gasteiger partial charge in [0.05, 0.1) is 5.58 Å². The molecule has 0 saturated heterocycles. The maximum absolute atomic E-state index is 7.55. The third kappa shape index (κ3) is 5.35. The summed E-state index contributed by atoms with van der Waals surface area (Å²) in [4.78, 5) is 13.2. The normalized spacial score (nSPS) is 12.3. The molecule has 0 saturated carbocycles. The first-order chi connectivity index (χ1) is 20.1. The van der Waals surface area contributed by atoms with Gasteiger partial charge in [-0.3, -0.25) is 0 Å². The minimum atomic E-state index is -2.27. The van der Waals surface area contributed by atoms with Gasteiger partial charge in [0.15, 0.2) is 0 Å². The topological polar surface area (TPSA) is 51.8 Å². The largest absolute Gasteiger partial charge is 0.486 e. The van der Waals surface area contributed by atoms with E-state index in [9.17, 15) is 0 Å². The van der Waals surface area contributed by atoms with Crippen molar-refractivity contribution in [3.63, 3.8) is 0 Å². The maximum atomic E-state index is 7.55. The monoisotopic (exact) mass is 721 g/mol. The molecule has 6 heteroatoms. The summed E-state index contributed by atoms with van der Waals surface area (Å²) in [6.07, 6.45) is 3.79. The predicted molar refractivity (Wildman–Crippen MR) is 161 cm³/mol. The molecule has 201 valence electrons. The van der Waals surface area contributed by atoms with Crippen LogP contribution in [0.3, 0.4) is 0 Å². The maximum Gasteiger partial charge on any atom is 0.216 e. The van der Waals surface area contributed by atoms with E-state index < -0.39 is 6.85 Å². The second kappa shape index (κ2) is 11.4. The van der Waals surface area contributed by atoms with E-state index in [0.29, 0.717) is 11.3 Å². The van der Waals surface area contributed by atoms with Gasteiger partial charge in [-0.1, -0.05) is 35.6 Å². The first-order valence-electron chi connectivity index (χ1n) is 14.1. The van der Waals surface area contributed by atoms with Crippen LogP contribution >= 0.6 is 11.3 Å². The Bertz CT molecular complexity index is 2080. The Hall–Kier alpha value is -3.70. The summed E-state index contributed by atoms with van der Waals surface area (Å²) in [5.41, 5.74) is 9.45. The number of rotatable bonds is 2. The molecule has 0 aliphatic heterocycles. The van der Waals surface area contributed by atoms with Crippen LogP contribution in [0, 0.1) is 46.7 Å². The molecule has 7 rings (SSSR count). The standard InChI is InChI=1S/C20H13N2OS.C14H14N.Ir/c1-11-10-24-18-8-17(21-9-16(11)18)15-5-3-4-13-14-7-6-12(2)22-20(14)23-19(13)15;1-10-4-6-13(7-5-10)14-8-11(2)12(3)9-15-14;/h3-4,6-10H,1-2H3;4-6,8-9H,1-3H3;/q2*-1;/i2D3;;.